The van der Waals surface area contributed by atoms with Gasteiger partial charge < -0.3 is 20.4 Å². The number of ether oxygens (including phenoxy) is 1. The molecule has 0 saturated heterocycles. The molecule has 2 aromatic heterocycles. The lowest BCUT2D eigenvalue weighted by molar-refractivity contribution is 0.102. The molecule has 43 heavy (non-hydrogen) atoms. The van der Waals surface area contributed by atoms with Crippen molar-refractivity contribution in [3.05, 3.63) is 94.9 Å². The number of amides is 2. The summed E-state index contributed by atoms with van der Waals surface area (Å²) < 4.78 is 62.0. The van der Waals surface area contributed by atoms with Crippen LogP contribution in [0.1, 0.15) is 52.9 Å². The first-order valence-corrected chi connectivity index (χ1v) is 14.4. The first-order valence-electron chi connectivity index (χ1n) is 13.0. The lowest BCUT2D eigenvalue weighted by Gasteiger charge is -2.30. The van der Waals surface area contributed by atoms with Gasteiger partial charge in [-0.05, 0) is 57.2 Å². The van der Waals surface area contributed by atoms with Crippen molar-refractivity contribution in [2.45, 2.75) is 37.8 Å². The fourth-order valence-corrected chi connectivity index (χ4v) is 6.58. The summed E-state index contributed by atoms with van der Waals surface area (Å²) in [4.78, 5) is 41.3. The van der Waals surface area contributed by atoms with Gasteiger partial charge in [0.25, 0.3) is 11.8 Å². The number of carbonyl (C=O) groups is 3. The van der Waals surface area contributed by atoms with Crippen LogP contribution in [0, 0.1) is 11.6 Å². The Hall–Kier alpha value is -4.89. The molecule has 4 aromatic rings. The number of rotatable bonds is 7. The van der Waals surface area contributed by atoms with Crippen molar-refractivity contribution in [3.63, 3.8) is 0 Å². The van der Waals surface area contributed by atoms with Crippen LogP contribution in [0.3, 0.4) is 0 Å². The highest BCUT2D eigenvalue weighted by Crippen LogP contribution is 2.45. The molecule has 0 radical (unpaired) electrons. The molecule has 2 amide bonds. The molecule has 0 atom stereocenters. The van der Waals surface area contributed by atoms with Crippen LogP contribution in [0.15, 0.2) is 65.7 Å². The first-order chi connectivity index (χ1) is 20.3. The minimum Gasteiger partial charge on any atom is -0.448 e. The van der Waals surface area contributed by atoms with Gasteiger partial charge in [0, 0.05) is 24.4 Å². The molecule has 3 N–H and O–H groups in total. The van der Waals surface area contributed by atoms with Crippen molar-refractivity contribution in [2.24, 2.45) is 0 Å². The first kappa shape index (κ1) is 29.6. The number of hydrogen-bond acceptors (Lipinski definition) is 7. The molecule has 3 heterocycles. The minimum atomic E-state index is -4.49. The predicted molar refractivity (Wildman–Crippen MR) is 150 cm³/mol. The van der Waals surface area contributed by atoms with Crippen molar-refractivity contribution < 1.29 is 36.3 Å². The standard InChI is InChI=1S/C28H26F2N6O6S/c1-4-42-27(39)36-24(33-25(37)19-8-5-6-9-21(19)32-26(38)22-10-7-11-31-22)20-15-35(28(2,3)23(20)34-36)43(40,41)18-13-16(29)12-17(30)14-18/h5-14,31H,4,15H2,1-3H3,(H,32,38)(H,33,37). The third-order valence-electron chi connectivity index (χ3n) is 6.85. The van der Waals surface area contributed by atoms with E-state index in [1.165, 1.54) is 26.0 Å². The van der Waals surface area contributed by atoms with Crippen molar-refractivity contribution >= 4 is 39.4 Å². The van der Waals surface area contributed by atoms with E-state index in [4.69, 9.17) is 4.74 Å². The van der Waals surface area contributed by atoms with Crippen LogP contribution in [0.2, 0.25) is 0 Å². The number of aromatic amines is 1. The maximum atomic E-state index is 14.0. The van der Waals surface area contributed by atoms with Crippen LogP contribution >= 0.6 is 0 Å². The number of aromatic nitrogens is 3. The number of fused-ring (bicyclic) bond motifs is 1. The van der Waals surface area contributed by atoms with Gasteiger partial charge >= 0.3 is 6.09 Å². The molecular weight excluding hydrogens is 586 g/mol. The highest BCUT2D eigenvalue weighted by atomic mass is 32.2. The molecule has 1 aliphatic rings. The van der Waals surface area contributed by atoms with Crippen LogP contribution in [-0.2, 0) is 26.8 Å². The summed E-state index contributed by atoms with van der Waals surface area (Å²) in [6, 6.07) is 11.3. The maximum Gasteiger partial charge on any atom is 0.436 e. The van der Waals surface area contributed by atoms with Crippen LogP contribution in [0.25, 0.3) is 0 Å². The lowest BCUT2D eigenvalue weighted by Crippen LogP contribution is -2.41. The average molecular weight is 613 g/mol. The average Bonchev–Trinajstić information content (AvgIpc) is 3.66. The zero-order valence-electron chi connectivity index (χ0n) is 23.1. The highest BCUT2D eigenvalue weighted by molar-refractivity contribution is 7.89. The topological polar surface area (TPSA) is 155 Å². The van der Waals surface area contributed by atoms with Gasteiger partial charge in [-0.25, -0.2) is 22.0 Å². The van der Waals surface area contributed by atoms with Crippen molar-refractivity contribution in [1.29, 1.82) is 0 Å². The van der Waals surface area contributed by atoms with Crippen LogP contribution < -0.4 is 10.6 Å². The van der Waals surface area contributed by atoms with E-state index in [0.29, 0.717) is 18.2 Å². The SMILES string of the molecule is CCOC(=O)n1nc2c(c1NC(=O)c1ccccc1NC(=O)c1ccc[nH]1)CN(S(=O)(=O)c1cc(F)cc(F)c1)C2(C)C. The molecule has 0 spiro atoms. The van der Waals surface area contributed by atoms with Gasteiger partial charge in [0.05, 0.1) is 34.0 Å². The summed E-state index contributed by atoms with van der Waals surface area (Å²) in [6.45, 7) is 4.17. The second-order valence-corrected chi connectivity index (χ2v) is 11.9. The summed E-state index contributed by atoms with van der Waals surface area (Å²) in [7, 11) is -4.49. The molecular formula is C28H26F2N6O6S. The normalized spacial score (nSPS) is 14.3. The molecule has 0 saturated carbocycles. The monoisotopic (exact) mass is 612 g/mol. The van der Waals surface area contributed by atoms with Crippen LogP contribution in [-0.4, -0.2) is 52.0 Å². The number of anilines is 2. The Labute approximate surface area is 244 Å². The van der Waals surface area contributed by atoms with Gasteiger partial charge in [0.2, 0.25) is 10.0 Å². The Morgan fingerprint density at radius 1 is 1.02 bits per heavy atom. The number of sulfonamides is 1. The highest BCUT2D eigenvalue weighted by Gasteiger charge is 2.49. The second kappa shape index (κ2) is 11.1. The Bertz CT molecular complexity index is 1830. The zero-order chi connectivity index (χ0) is 31.1. The Balaban J connectivity index is 1.53. The third kappa shape index (κ3) is 5.39. The Morgan fingerprint density at radius 3 is 2.37 bits per heavy atom. The van der Waals surface area contributed by atoms with E-state index in [1.54, 1.807) is 37.4 Å². The van der Waals surface area contributed by atoms with Gasteiger partial charge in [-0.15, -0.1) is 4.68 Å². The second-order valence-electron chi connectivity index (χ2n) is 10.00. The molecule has 2 aromatic carbocycles. The molecule has 15 heteroatoms. The third-order valence-corrected chi connectivity index (χ3v) is 8.84. The maximum absolute atomic E-state index is 14.0. The van der Waals surface area contributed by atoms with E-state index in [0.717, 1.165) is 8.99 Å². The number of nitrogens with one attached hydrogen (secondary N) is 3. The fraction of sp³-hybridized carbons (Fsp3) is 0.214. The predicted octanol–water partition coefficient (Wildman–Crippen LogP) is 4.44. The Morgan fingerprint density at radius 2 is 1.72 bits per heavy atom. The van der Waals surface area contributed by atoms with Gasteiger partial charge in [-0.1, -0.05) is 12.1 Å². The molecule has 1 aliphatic heterocycles. The lowest BCUT2D eigenvalue weighted by atomic mass is 10.0. The largest absolute Gasteiger partial charge is 0.448 e. The van der Waals surface area contributed by atoms with Gasteiger partial charge in [-0.3, -0.25) is 9.59 Å². The number of carbonyl (C=O) groups excluding carboxylic acids is 3. The van der Waals surface area contributed by atoms with E-state index < -0.39 is 56.5 Å². The van der Waals surface area contributed by atoms with Crippen molar-refractivity contribution in [1.82, 2.24) is 19.1 Å². The number of hydrogen-bond donors (Lipinski definition) is 3. The molecule has 5 rings (SSSR count). The molecule has 0 fully saturated rings. The van der Waals surface area contributed by atoms with E-state index >= 15 is 0 Å². The number of H-pyrrole nitrogens is 1. The molecule has 0 unspecified atom stereocenters. The molecule has 0 bridgehead atoms. The van der Waals surface area contributed by atoms with Crippen LogP contribution in [0.5, 0.6) is 0 Å². The van der Waals surface area contributed by atoms with Crippen molar-refractivity contribution in [2.75, 3.05) is 17.2 Å². The van der Waals surface area contributed by atoms with Gasteiger partial charge in [0.15, 0.2) is 0 Å². The summed E-state index contributed by atoms with van der Waals surface area (Å²) in [5.74, 6) is -3.56. The smallest absolute Gasteiger partial charge is 0.436 e. The van der Waals surface area contributed by atoms with Crippen molar-refractivity contribution in [3.8, 4) is 0 Å². The summed E-state index contributed by atoms with van der Waals surface area (Å²) in [5.41, 5.74) is -0.684. The molecule has 224 valence electrons. The summed E-state index contributed by atoms with van der Waals surface area (Å²) >= 11 is 0. The van der Waals surface area contributed by atoms with Crippen LogP contribution in [0.4, 0.5) is 25.1 Å². The summed E-state index contributed by atoms with van der Waals surface area (Å²) in [6.07, 6.45) is 0.637. The number of benzene rings is 2. The van der Waals surface area contributed by atoms with E-state index in [1.807, 2.05) is 0 Å². The molecule has 12 nitrogen and oxygen atoms in total. The molecule has 0 aliphatic carbocycles. The van der Waals surface area contributed by atoms with E-state index in [2.05, 4.69) is 20.7 Å². The van der Waals surface area contributed by atoms with Gasteiger partial charge in [-0.2, -0.15) is 9.40 Å². The number of nitrogens with zero attached hydrogens (tertiary/aromatic N) is 3. The number of para-hydroxylation sites is 1. The van der Waals surface area contributed by atoms with E-state index in [-0.39, 0.29) is 40.6 Å². The number of halogens is 2. The Kier molecular flexibility index (Phi) is 7.62. The zero-order valence-corrected chi connectivity index (χ0v) is 24.0. The minimum absolute atomic E-state index is 0.0145. The quantitative estimate of drug-likeness (QED) is 0.279. The fourth-order valence-electron chi connectivity index (χ4n) is 4.81. The van der Waals surface area contributed by atoms with E-state index in [9.17, 15) is 31.6 Å². The van der Waals surface area contributed by atoms with Gasteiger partial charge in [0.1, 0.15) is 23.1 Å². The summed E-state index contributed by atoms with van der Waals surface area (Å²) in [5, 5.41) is 9.58.